The number of hydrogen-bond acceptors (Lipinski definition) is 2. The van der Waals surface area contributed by atoms with Gasteiger partial charge in [0.25, 0.3) is 5.91 Å². The standard InChI is InChI=1S/C16H17BrN2O/c1-11-3-8-15(12(2)19-11)16(20)18-10-14-6-4-13(9-17)5-7-14/h3-8H,9-10H2,1-2H3,(H,18,20). The fourth-order valence-electron chi connectivity index (χ4n) is 1.95. The molecule has 0 unspecified atom stereocenters. The Kier molecular flexibility index (Phi) is 4.90. The van der Waals surface area contributed by atoms with Crippen molar-refractivity contribution in [2.45, 2.75) is 25.7 Å². The van der Waals surface area contributed by atoms with E-state index >= 15 is 0 Å². The third-order valence-corrected chi connectivity index (χ3v) is 3.75. The van der Waals surface area contributed by atoms with Gasteiger partial charge < -0.3 is 5.32 Å². The number of rotatable bonds is 4. The van der Waals surface area contributed by atoms with Crippen molar-refractivity contribution in [1.29, 1.82) is 0 Å². The first-order valence-electron chi connectivity index (χ1n) is 6.46. The van der Waals surface area contributed by atoms with E-state index in [0.29, 0.717) is 12.1 Å². The molecule has 0 saturated carbocycles. The molecule has 20 heavy (non-hydrogen) atoms. The van der Waals surface area contributed by atoms with Gasteiger partial charge in [0.15, 0.2) is 0 Å². The first-order valence-corrected chi connectivity index (χ1v) is 7.58. The Balaban J connectivity index is 2.00. The molecule has 0 spiro atoms. The van der Waals surface area contributed by atoms with Gasteiger partial charge in [0.05, 0.1) is 11.3 Å². The summed E-state index contributed by atoms with van der Waals surface area (Å²) in [7, 11) is 0. The molecule has 0 aliphatic rings. The van der Waals surface area contributed by atoms with Crippen LogP contribution in [0.15, 0.2) is 36.4 Å². The highest BCUT2D eigenvalue weighted by Gasteiger charge is 2.09. The summed E-state index contributed by atoms with van der Waals surface area (Å²) in [5, 5.41) is 3.76. The van der Waals surface area contributed by atoms with Crippen LogP contribution in [-0.4, -0.2) is 10.9 Å². The van der Waals surface area contributed by atoms with Gasteiger partial charge in [-0.25, -0.2) is 0 Å². The van der Waals surface area contributed by atoms with Gasteiger partial charge in [0, 0.05) is 17.6 Å². The lowest BCUT2D eigenvalue weighted by atomic mass is 10.1. The number of benzene rings is 1. The summed E-state index contributed by atoms with van der Waals surface area (Å²) >= 11 is 3.41. The quantitative estimate of drug-likeness (QED) is 0.870. The molecule has 1 aromatic heterocycles. The van der Waals surface area contributed by atoms with E-state index in [1.165, 1.54) is 5.56 Å². The summed E-state index contributed by atoms with van der Waals surface area (Å²) in [6.07, 6.45) is 0. The van der Waals surface area contributed by atoms with E-state index in [-0.39, 0.29) is 5.91 Å². The van der Waals surface area contributed by atoms with Crippen LogP contribution in [0.1, 0.15) is 32.9 Å². The highest BCUT2D eigenvalue weighted by molar-refractivity contribution is 9.08. The average molecular weight is 333 g/mol. The van der Waals surface area contributed by atoms with Crippen molar-refractivity contribution >= 4 is 21.8 Å². The fraction of sp³-hybridized carbons (Fsp3) is 0.250. The molecule has 0 aliphatic heterocycles. The number of amides is 1. The highest BCUT2D eigenvalue weighted by Crippen LogP contribution is 2.09. The van der Waals surface area contributed by atoms with E-state index in [9.17, 15) is 4.79 Å². The van der Waals surface area contributed by atoms with Crippen LogP contribution in [0.25, 0.3) is 0 Å². The Bertz CT molecular complexity index is 608. The zero-order valence-corrected chi connectivity index (χ0v) is 13.2. The molecule has 4 heteroatoms. The van der Waals surface area contributed by atoms with Crippen molar-refractivity contribution in [3.8, 4) is 0 Å². The van der Waals surface area contributed by atoms with E-state index < -0.39 is 0 Å². The molecule has 1 amide bonds. The minimum atomic E-state index is -0.0837. The number of nitrogens with zero attached hydrogens (tertiary/aromatic N) is 1. The smallest absolute Gasteiger partial charge is 0.253 e. The number of aryl methyl sites for hydroxylation is 2. The fourth-order valence-corrected chi connectivity index (χ4v) is 2.32. The van der Waals surface area contributed by atoms with Crippen molar-refractivity contribution in [2.75, 3.05) is 0 Å². The Morgan fingerprint density at radius 2 is 1.75 bits per heavy atom. The third kappa shape index (κ3) is 3.67. The second-order valence-corrected chi connectivity index (χ2v) is 5.28. The van der Waals surface area contributed by atoms with E-state index in [4.69, 9.17) is 0 Å². The second kappa shape index (κ2) is 6.66. The largest absolute Gasteiger partial charge is 0.348 e. The molecule has 0 saturated heterocycles. The van der Waals surface area contributed by atoms with Crippen molar-refractivity contribution in [3.05, 3.63) is 64.5 Å². The van der Waals surface area contributed by atoms with Gasteiger partial charge in [-0.3, -0.25) is 9.78 Å². The van der Waals surface area contributed by atoms with Crippen LogP contribution in [0.3, 0.4) is 0 Å². The van der Waals surface area contributed by atoms with Crippen LogP contribution < -0.4 is 5.32 Å². The van der Waals surface area contributed by atoms with Crippen LogP contribution in [-0.2, 0) is 11.9 Å². The van der Waals surface area contributed by atoms with Crippen molar-refractivity contribution in [2.24, 2.45) is 0 Å². The lowest BCUT2D eigenvalue weighted by Crippen LogP contribution is -2.24. The van der Waals surface area contributed by atoms with Crippen LogP contribution in [0, 0.1) is 13.8 Å². The SMILES string of the molecule is Cc1ccc(C(=O)NCc2ccc(CBr)cc2)c(C)n1. The number of pyridine rings is 1. The lowest BCUT2D eigenvalue weighted by Gasteiger charge is -2.08. The summed E-state index contributed by atoms with van der Waals surface area (Å²) in [6.45, 7) is 4.29. The minimum Gasteiger partial charge on any atom is -0.348 e. The molecule has 104 valence electrons. The van der Waals surface area contributed by atoms with Crippen LogP contribution in [0.4, 0.5) is 0 Å². The zero-order valence-electron chi connectivity index (χ0n) is 11.6. The van der Waals surface area contributed by atoms with E-state index in [1.54, 1.807) is 0 Å². The van der Waals surface area contributed by atoms with Gasteiger partial charge in [0.2, 0.25) is 0 Å². The first kappa shape index (κ1) is 14.7. The van der Waals surface area contributed by atoms with Crippen LogP contribution in [0.5, 0.6) is 0 Å². The van der Waals surface area contributed by atoms with Gasteiger partial charge in [-0.15, -0.1) is 0 Å². The number of halogens is 1. The molecule has 1 N–H and O–H groups in total. The van der Waals surface area contributed by atoms with E-state index in [2.05, 4.69) is 38.4 Å². The van der Waals surface area contributed by atoms with Crippen LogP contribution >= 0.6 is 15.9 Å². The van der Waals surface area contributed by atoms with E-state index in [0.717, 1.165) is 22.3 Å². The van der Waals surface area contributed by atoms with Gasteiger partial charge in [-0.05, 0) is 37.1 Å². The average Bonchev–Trinajstić information content (AvgIpc) is 2.45. The highest BCUT2D eigenvalue weighted by atomic mass is 79.9. The van der Waals surface area contributed by atoms with Gasteiger partial charge in [-0.1, -0.05) is 40.2 Å². The molecule has 1 aromatic carbocycles. The number of carbonyl (C=O) groups is 1. The minimum absolute atomic E-state index is 0.0837. The maximum atomic E-state index is 12.1. The Hall–Kier alpha value is -1.68. The predicted molar refractivity (Wildman–Crippen MR) is 84.0 cm³/mol. The monoisotopic (exact) mass is 332 g/mol. The summed E-state index contributed by atoms with van der Waals surface area (Å²) in [4.78, 5) is 16.4. The predicted octanol–water partition coefficient (Wildman–Crippen LogP) is 3.52. The molecule has 0 bridgehead atoms. The maximum absolute atomic E-state index is 12.1. The van der Waals surface area contributed by atoms with Crippen molar-refractivity contribution in [3.63, 3.8) is 0 Å². The number of aromatic nitrogens is 1. The molecule has 1 heterocycles. The molecular weight excluding hydrogens is 316 g/mol. The van der Waals surface area contributed by atoms with Gasteiger partial charge in [-0.2, -0.15) is 0 Å². The second-order valence-electron chi connectivity index (χ2n) is 4.72. The lowest BCUT2D eigenvalue weighted by molar-refractivity contribution is 0.0950. The first-order chi connectivity index (χ1) is 9.60. The molecule has 0 aliphatic carbocycles. The van der Waals surface area contributed by atoms with E-state index in [1.807, 2.05) is 38.1 Å². The number of hydrogen-bond donors (Lipinski definition) is 1. The number of carbonyl (C=O) groups excluding carboxylic acids is 1. The summed E-state index contributed by atoms with van der Waals surface area (Å²) in [6, 6.07) is 11.8. The molecular formula is C16H17BrN2O. The molecule has 2 rings (SSSR count). The number of nitrogens with one attached hydrogen (secondary N) is 1. The molecule has 2 aromatic rings. The normalized spacial score (nSPS) is 10.3. The Labute approximate surface area is 127 Å². The maximum Gasteiger partial charge on any atom is 0.253 e. The van der Waals surface area contributed by atoms with Crippen LogP contribution in [0.2, 0.25) is 0 Å². The number of alkyl halides is 1. The molecule has 3 nitrogen and oxygen atoms in total. The van der Waals surface area contributed by atoms with Gasteiger partial charge >= 0.3 is 0 Å². The summed E-state index contributed by atoms with van der Waals surface area (Å²) in [5.74, 6) is -0.0837. The van der Waals surface area contributed by atoms with Crippen molar-refractivity contribution < 1.29 is 4.79 Å². The summed E-state index contributed by atoms with van der Waals surface area (Å²) in [5.41, 5.74) is 4.62. The Morgan fingerprint density at radius 1 is 1.10 bits per heavy atom. The topological polar surface area (TPSA) is 42.0 Å². The summed E-state index contributed by atoms with van der Waals surface area (Å²) < 4.78 is 0. The Morgan fingerprint density at radius 3 is 2.35 bits per heavy atom. The third-order valence-electron chi connectivity index (χ3n) is 3.10. The van der Waals surface area contributed by atoms with Gasteiger partial charge in [0.1, 0.15) is 0 Å². The molecule has 0 radical (unpaired) electrons. The zero-order chi connectivity index (χ0) is 14.5. The van der Waals surface area contributed by atoms with Crippen molar-refractivity contribution in [1.82, 2.24) is 10.3 Å². The molecule has 0 atom stereocenters. The molecule has 0 fully saturated rings.